The molecular formula is C21H22N2O4. The first kappa shape index (κ1) is 18.9. The van der Waals surface area contributed by atoms with Gasteiger partial charge in [-0.1, -0.05) is 30.2 Å². The lowest BCUT2D eigenvalue weighted by atomic mass is 9.84. The van der Waals surface area contributed by atoms with E-state index in [1.165, 1.54) is 0 Å². The van der Waals surface area contributed by atoms with Gasteiger partial charge in [-0.25, -0.2) is 0 Å². The minimum atomic E-state index is -1.40. The minimum absolute atomic E-state index is 0.0680. The molecular weight excluding hydrogens is 344 g/mol. The van der Waals surface area contributed by atoms with Crippen LogP contribution in [0.3, 0.4) is 0 Å². The molecule has 0 aromatic heterocycles. The van der Waals surface area contributed by atoms with Crippen molar-refractivity contribution >= 4 is 5.69 Å². The summed E-state index contributed by atoms with van der Waals surface area (Å²) >= 11 is 0. The van der Waals surface area contributed by atoms with Gasteiger partial charge in [-0.2, -0.15) is 0 Å². The van der Waals surface area contributed by atoms with Gasteiger partial charge in [-0.3, -0.25) is 0 Å². The third-order valence-electron chi connectivity index (χ3n) is 4.64. The van der Waals surface area contributed by atoms with E-state index in [0.717, 1.165) is 18.8 Å². The van der Waals surface area contributed by atoms with E-state index in [1.54, 1.807) is 24.3 Å². The lowest BCUT2D eigenvalue weighted by molar-refractivity contribution is 0.122. The van der Waals surface area contributed by atoms with Crippen LogP contribution in [0.25, 0.3) is 0 Å². The predicted molar refractivity (Wildman–Crippen MR) is 104 cm³/mol. The fraction of sp³-hybridized carbons (Fsp3) is 0.333. The van der Waals surface area contributed by atoms with Crippen LogP contribution in [0.2, 0.25) is 0 Å². The van der Waals surface area contributed by atoms with Crippen LogP contribution in [-0.2, 0) is 10.3 Å². The van der Waals surface area contributed by atoms with Gasteiger partial charge in [-0.05, 0) is 35.0 Å². The maximum absolute atomic E-state index is 11.8. The highest BCUT2D eigenvalue weighted by atomic mass is 16.5. The summed E-state index contributed by atoms with van der Waals surface area (Å²) in [6.45, 7) is 3.21. The van der Waals surface area contributed by atoms with Crippen molar-refractivity contribution in [3.05, 3.63) is 64.6 Å². The van der Waals surface area contributed by atoms with Crippen LogP contribution in [0.5, 0.6) is 5.75 Å². The molecule has 1 heterocycles. The Hall–Kier alpha value is -2.88. The van der Waals surface area contributed by atoms with Gasteiger partial charge < -0.3 is 19.5 Å². The molecule has 2 aromatic carbocycles. The van der Waals surface area contributed by atoms with Gasteiger partial charge in [-0.15, -0.1) is 11.3 Å². The predicted octanol–water partition coefficient (Wildman–Crippen LogP) is 2.54. The lowest BCUT2D eigenvalue weighted by Gasteiger charge is -2.29. The molecule has 2 aromatic rings. The minimum Gasteiger partial charge on any atom is -0.491 e. The quantitative estimate of drug-likeness (QED) is 0.602. The molecule has 1 fully saturated rings. The summed E-state index contributed by atoms with van der Waals surface area (Å²) in [6.07, 6.45) is 5.75. The van der Waals surface area contributed by atoms with Gasteiger partial charge in [0.1, 0.15) is 12.4 Å². The largest absolute Gasteiger partial charge is 0.491 e. The zero-order chi connectivity index (χ0) is 19.1. The van der Waals surface area contributed by atoms with E-state index in [4.69, 9.17) is 21.0 Å². The van der Waals surface area contributed by atoms with Crippen molar-refractivity contribution in [1.82, 2.24) is 0 Å². The number of anilines is 1. The highest BCUT2D eigenvalue weighted by Crippen LogP contribution is 2.35. The van der Waals surface area contributed by atoms with Crippen molar-refractivity contribution in [3.63, 3.8) is 0 Å². The Kier molecular flexibility index (Phi) is 6.07. The summed E-state index contributed by atoms with van der Waals surface area (Å²) in [5, 5.41) is 12.1. The standard InChI is InChI=1S/C21H22N2O4/c1-2-21(22-25,18-5-9-20(10-6-18)27-16-13-24)17-3-7-19(8-4-17)23-11-14-26-15-12-23/h1,3-10,24H,11-16H2. The van der Waals surface area contributed by atoms with Crippen LogP contribution in [-0.4, -0.2) is 44.6 Å². The fourth-order valence-corrected chi connectivity index (χ4v) is 3.16. The Morgan fingerprint density at radius 1 is 1.11 bits per heavy atom. The summed E-state index contributed by atoms with van der Waals surface area (Å²) in [5.74, 6) is 3.16. The number of hydrogen-bond acceptors (Lipinski definition) is 6. The van der Waals surface area contributed by atoms with E-state index in [-0.39, 0.29) is 13.2 Å². The van der Waals surface area contributed by atoms with E-state index in [9.17, 15) is 4.91 Å². The topological polar surface area (TPSA) is 71.4 Å². The van der Waals surface area contributed by atoms with Crippen molar-refractivity contribution in [2.75, 3.05) is 44.4 Å². The van der Waals surface area contributed by atoms with Gasteiger partial charge in [0.2, 0.25) is 5.54 Å². The smallest absolute Gasteiger partial charge is 0.212 e. The number of nitrogens with zero attached hydrogens (tertiary/aromatic N) is 2. The molecule has 0 amide bonds. The Morgan fingerprint density at radius 3 is 2.22 bits per heavy atom. The molecule has 140 valence electrons. The van der Waals surface area contributed by atoms with Crippen LogP contribution in [0.4, 0.5) is 5.69 Å². The van der Waals surface area contributed by atoms with E-state index in [1.807, 2.05) is 24.3 Å². The molecule has 0 bridgehead atoms. The van der Waals surface area contributed by atoms with Crippen molar-refractivity contribution in [2.24, 2.45) is 5.18 Å². The van der Waals surface area contributed by atoms with Crippen LogP contribution in [0, 0.1) is 17.3 Å². The zero-order valence-electron chi connectivity index (χ0n) is 15.0. The number of aliphatic hydroxyl groups excluding tert-OH is 1. The van der Waals surface area contributed by atoms with E-state index in [0.29, 0.717) is 30.1 Å². The molecule has 0 spiro atoms. The Balaban J connectivity index is 1.87. The second-order valence-corrected chi connectivity index (χ2v) is 6.19. The maximum Gasteiger partial charge on any atom is 0.212 e. The molecule has 1 aliphatic heterocycles. The number of benzene rings is 2. The average molecular weight is 366 g/mol. The zero-order valence-corrected chi connectivity index (χ0v) is 15.0. The van der Waals surface area contributed by atoms with Crippen molar-refractivity contribution in [1.29, 1.82) is 0 Å². The van der Waals surface area contributed by atoms with E-state index < -0.39 is 5.54 Å². The number of nitroso groups, excluding NO2 is 1. The Labute approximate surface area is 158 Å². The van der Waals surface area contributed by atoms with Gasteiger partial charge in [0, 0.05) is 24.3 Å². The molecule has 1 atom stereocenters. The number of rotatable bonds is 7. The molecule has 1 N–H and O–H groups in total. The molecule has 1 aliphatic rings. The number of aliphatic hydroxyl groups is 1. The molecule has 0 radical (unpaired) electrons. The van der Waals surface area contributed by atoms with Gasteiger partial charge >= 0.3 is 0 Å². The number of morpholine rings is 1. The van der Waals surface area contributed by atoms with Gasteiger partial charge in [0.05, 0.1) is 19.8 Å². The number of hydrogen-bond donors (Lipinski definition) is 1. The highest BCUT2D eigenvalue weighted by Gasteiger charge is 2.34. The molecule has 1 saturated heterocycles. The monoisotopic (exact) mass is 366 g/mol. The van der Waals surface area contributed by atoms with Crippen LogP contribution < -0.4 is 9.64 Å². The van der Waals surface area contributed by atoms with E-state index in [2.05, 4.69) is 16.0 Å². The molecule has 27 heavy (non-hydrogen) atoms. The third-order valence-corrected chi connectivity index (χ3v) is 4.64. The molecule has 6 nitrogen and oxygen atoms in total. The number of terminal acetylenes is 1. The summed E-state index contributed by atoms with van der Waals surface area (Å²) in [6, 6.07) is 14.5. The first-order valence-corrected chi connectivity index (χ1v) is 8.83. The summed E-state index contributed by atoms with van der Waals surface area (Å²) < 4.78 is 10.7. The van der Waals surface area contributed by atoms with Crippen molar-refractivity contribution in [3.8, 4) is 18.1 Å². The SMILES string of the molecule is C#CC(N=O)(c1ccc(OCCO)cc1)c1ccc(N2CCOCC2)cc1. The van der Waals surface area contributed by atoms with Crippen LogP contribution >= 0.6 is 0 Å². The second kappa shape index (κ2) is 8.67. The average Bonchev–Trinajstić information content (AvgIpc) is 2.75. The second-order valence-electron chi connectivity index (χ2n) is 6.19. The molecule has 1 unspecified atom stereocenters. The van der Waals surface area contributed by atoms with Gasteiger partial charge in [0.25, 0.3) is 0 Å². The summed E-state index contributed by atoms with van der Waals surface area (Å²) in [4.78, 5) is 14.0. The highest BCUT2D eigenvalue weighted by molar-refractivity contribution is 5.54. The van der Waals surface area contributed by atoms with Crippen LogP contribution in [0.15, 0.2) is 53.7 Å². The molecule has 3 rings (SSSR count). The summed E-state index contributed by atoms with van der Waals surface area (Å²) in [7, 11) is 0. The molecule has 6 heteroatoms. The fourth-order valence-electron chi connectivity index (χ4n) is 3.16. The van der Waals surface area contributed by atoms with Crippen molar-refractivity contribution < 1.29 is 14.6 Å². The molecule has 0 saturated carbocycles. The lowest BCUT2D eigenvalue weighted by Crippen LogP contribution is -2.36. The van der Waals surface area contributed by atoms with E-state index >= 15 is 0 Å². The Morgan fingerprint density at radius 2 is 1.70 bits per heavy atom. The maximum atomic E-state index is 11.8. The van der Waals surface area contributed by atoms with Gasteiger partial charge in [0.15, 0.2) is 0 Å². The first-order chi connectivity index (χ1) is 13.2. The molecule has 0 aliphatic carbocycles. The summed E-state index contributed by atoms with van der Waals surface area (Å²) in [5.41, 5.74) is 0.891. The number of ether oxygens (including phenoxy) is 2. The first-order valence-electron chi connectivity index (χ1n) is 8.83. The van der Waals surface area contributed by atoms with Crippen LogP contribution in [0.1, 0.15) is 11.1 Å². The third kappa shape index (κ3) is 3.95. The Bertz CT molecular complexity index is 792. The normalized spacial score (nSPS) is 16.2. The van der Waals surface area contributed by atoms with Crippen molar-refractivity contribution in [2.45, 2.75) is 5.54 Å².